The lowest BCUT2D eigenvalue weighted by Crippen LogP contribution is -2.25. The summed E-state index contributed by atoms with van der Waals surface area (Å²) in [6.45, 7) is 7.33. The molecule has 17 heavy (non-hydrogen) atoms. The highest BCUT2D eigenvalue weighted by Gasteiger charge is 2.17. The normalized spacial score (nSPS) is 11.5. The van der Waals surface area contributed by atoms with E-state index in [9.17, 15) is 4.79 Å². The van der Waals surface area contributed by atoms with Gasteiger partial charge in [0.25, 0.3) is 0 Å². The van der Waals surface area contributed by atoms with E-state index in [0.29, 0.717) is 5.75 Å². The van der Waals surface area contributed by atoms with E-state index in [-0.39, 0.29) is 0 Å². The predicted molar refractivity (Wildman–Crippen MR) is 68.0 cm³/mol. The smallest absolute Gasteiger partial charge is 0.428 e. The Balaban J connectivity index is 2.60. The molecule has 1 rings (SSSR count). The Kier molecular flexibility index (Phi) is 4.32. The molecule has 0 aliphatic carbocycles. The zero-order chi connectivity index (χ0) is 12.9. The van der Waals surface area contributed by atoms with Crippen LogP contribution in [0.1, 0.15) is 33.3 Å². The van der Waals surface area contributed by atoms with Crippen LogP contribution in [0.25, 0.3) is 6.08 Å². The van der Waals surface area contributed by atoms with Crippen LogP contribution < -0.4 is 4.74 Å². The van der Waals surface area contributed by atoms with Gasteiger partial charge in [-0.3, -0.25) is 0 Å². The number of hydrogen-bond donors (Lipinski definition) is 0. The maximum atomic E-state index is 11.4. The van der Waals surface area contributed by atoms with Crippen molar-refractivity contribution >= 4 is 12.2 Å². The fourth-order valence-corrected chi connectivity index (χ4v) is 1.21. The summed E-state index contributed by atoms with van der Waals surface area (Å²) >= 11 is 0. The monoisotopic (exact) mass is 234 g/mol. The van der Waals surface area contributed by atoms with Crippen molar-refractivity contribution in [2.24, 2.45) is 0 Å². The average molecular weight is 234 g/mol. The Labute approximate surface area is 102 Å². The minimum Gasteiger partial charge on any atom is -0.428 e. The van der Waals surface area contributed by atoms with E-state index in [1.165, 1.54) is 0 Å². The van der Waals surface area contributed by atoms with Crippen molar-refractivity contribution in [1.82, 2.24) is 0 Å². The quantitative estimate of drug-likeness (QED) is 0.572. The summed E-state index contributed by atoms with van der Waals surface area (Å²) in [5.41, 5.74) is 0.520. The minimum absolute atomic E-state index is 0.479. The van der Waals surface area contributed by atoms with E-state index >= 15 is 0 Å². The van der Waals surface area contributed by atoms with E-state index in [2.05, 4.69) is 0 Å². The standard InChI is InChI=1S/C14H18O3/c1-5-6-11-7-9-12(10-8-11)16-13(15)17-14(2,3)4/h5-10H,1-4H3. The van der Waals surface area contributed by atoms with Crippen LogP contribution >= 0.6 is 0 Å². The third-order valence-corrected chi connectivity index (χ3v) is 1.83. The first-order valence-corrected chi connectivity index (χ1v) is 5.54. The average Bonchev–Trinajstić information content (AvgIpc) is 2.18. The molecule has 0 spiro atoms. The summed E-state index contributed by atoms with van der Waals surface area (Å²) < 4.78 is 10.1. The molecule has 0 saturated carbocycles. The second-order valence-corrected chi connectivity index (χ2v) is 4.64. The first-order chi connectivity index (χ1) is 7.90. The highest BCUT2D eigenvalue weighted by molar-refractivity contribution is 5.64. The number of hydrogen-bond acceptors (Lipinski definition) is 3. The molecule has 0 radical (unpaired) electrons. The zero-order valence-corrected chi connectivity index (χ0v) is 10.7. The first-order valence-electron chi connectivity index (χ1n) is 5.54. The van der Waals surface area contributed by atoms with Gasteiger partial charge in [0.1, 0.15) is 11.4 Å². The Morgan fingerprint density at radius 2 is 1.76 bits per heavy atom. The van der Waals surface area contributed by atoms with Gasteiger partial charge in [0.2, 0.25) is 0 Å². The van der Waals surface area contributed by atoms with Gasteiger partial charge < -0.3 is 9.47 Å². The minimum atomic E-state index is -0.684. The first kappa shape index (κ1) is 13.3. The summed E-state index contributed by atoms with van der Waals surface area (Å²) in [4.78, 5) is 11.4. The predicted octanol–water partition coefficient (Wildman–Crippen LogP) is 4.03. The van der Waals surface area contributed by atoms with Gasteiger partial charge in [-0.1, -0.05) is 24.3 Å². The molecule has 1 aromatic rings. The van der Waals surface area contributed by atoms with E-state index in [1.54, 1.807) is 32.9 Å². The van der Waals surface area contributed by atoms with E-state index in [0.717, 1.165) is 5.56 Å². The van der Waals surface area contributed by atoms with Crippen LogP contribution in [-0.2, 0) is 4.74 Å². The van der Waals surface area contributed by atoms with Crippen LogP contribution in [0.4, 0.5) is 4.79 Å². The van der Waals surface area contributed by atoms with Crippen LogP contribution in [0.15, 0.2) is 30.3 Å². The molecule has 0 fully saturated rings. The van der Waals surface area contributed by atoms with Gasteiger partial charge in [0.05, 0.1) is 0 Å². The second-order valence-electron chi connectivity index (χ2n) is 4.64. The van der Waals surface area contributed by atoms with Crippen LogP contribution in [0, 0.1) is 0 Å². The van der Waals surface area contributed by atoms with Crippen LogP contribution in [-0.4, -0.2) is 11.8 Å². The molecule has 0 atom stereocenters. The topological polar surface area (TPSA) is 35.5 Å². The Morgan fingerprint density at radius 1 is 1.18 bits per heavy atom. The maximum Gasteiger partial charge on any atom is 0.514 e. The SMILES string of the molecule is CC=Cc1ccc(OC(=O)OC(C)(C)C)cc1. The van der Waals surface area contributed by atoms with Crippen molar-refractivity contribution in [2.75, 3.05) is 0 Å². The number of allylic oxidation sites excluding steroid dienone is 1. The molecule has 3 nitrogen and oxygen atoms in total. The van der Waals surface area contributed by atoms with Crippen LogP contribution in [0.3, 0.4) is 0 Å². The summed E-state index contributed by atoms with van der Waals surface area (Å²) in [7, 11) is 0. The van der Waals surface area contributed by atoms with Gasteiger partial charge in [0.15, 0.2) is 0 Å². The lowest BCUT2D eigenvalue weighted by atomic mass is 10.2. The molecule has 0 unspecified atom stereocenters. The molecule has 0 N–H and O–H groups in total. The highest BCUT2D eigenvalue weighted by atomic mass is 16.7. The number of carbonyl (C=O) groups excluding carboxylic acids is 1. The Morgan fingerprint density at radius 3 is 2.24 bits per heavy atom. The third-order valence-electron chi connectivity index (χ3n) is 1.83. The lowest BCUT2D eigenvalue weighted by molar-refractivity contribution is 0.0206. The molecule has 0 aliphatic rings. The van der Waals surface area contributed by atoms with Gasteiger partial charge >= 0.3 is 6.16 Å². The second kappa shape index (κ2) is 5.53. The molecular formula is C14H18O3. The Hall–Kier alpha value is -1.77. The molecular weight excluding hydrogens is 216 g/mol. The fraction of sp³-hybridized carbons (Fsp3) is 0.357. The molecule has 0 aliphatic heterocycles. The molecule has 1 aromatic carbocycles. The van der Waals surface area contributed by atoms with Gasteiger partial charge in [-0.2, -0.15) is 0 Å². The molecule has 0 saturated heterocycles. The van der Waals surface area contributed by atoms with E-state index in [4.69, 9.17) is 9.47 Å². The fourth-order valence-electron chi connectivity index (χ4n) is 1.21. The van der Waals surface area contributed by atoms with Crippen molar-refractivity contribution in [3.63, 3.8) is 0 Å². The van der Waals surface area contributed by atoms with Crippen molar-refractivity contribution in [3.05, 3.63) is 35.9 Å². The van der Waals surface area contributed by atoms with Crippen molar-refractivity contribution in [1.29, 1.82) is 0 Å². The van der Waals surface area contributed by atoms with Gasteiger partial charge in [-0.05, 0) is 45.4 Å². The molecule has 0 heterocycles. The summed E-state index contributed by atoms with van der Waals surface area (Å²) in [5.74, 6) is 0.479. The van der Waals surface area contributed by atoms with Crippen molar-refractivity contribution in [3.8, 4) is 5.75 Å². The van der Waals surface area contributed by atoms with Crippen LogP contribution in [0.5, 0.6) is 5.75 Å². The molecule has 0 bridgehead atoms. The Bertz CT molecular complexity index is 396. The number of rotatable bonds is 2. The van der Waals surface area contributed by atoms with Gasteiger partial charge in [0, 0.05) is 0 Å². The summed E-state index contributed by atoms with van der Waals surface area (Å²) in [5, 5.41) is 0. The van der Waals surface area contributed by atoms with Crippen LogP contribution in [0.2, 0.25) is 0 Å². The number of benzene rings is 1. The van der Waals surface area contributed by atoms with Gasteiger partial charge in [-0.25, -0.2) is 4.79 Å². The largest absolute Gasteiger partial charge is 0.514 e. The molecule has 0 amide bonds. The van der Waals surface area contributed by atoms with Gasteiger partial charge in [-0.15, -0.1) is 0 Å². The summed E-state index contributed by atoms with van der Waals surface area (Å²) in [6.07, 6.45) is 3.23. The number of carbonyl (C=O) groups is 1. The number of ether oxygens (including phenoxy) is 2. The molecule has 3 heteroatoms. The van der Waals surface area contributed by atoms with E-state index in [1.807, 2.05) is 31.2 Å². The van der Waals surface area contributed by atoms with E-state index < -0.39 is 11.8 Å². The van der Waals surface area contributed by atoms with Crippen molar-refractivity contribution < 1.29 is 14.3 Å². The molecule has 0 aromatic heterocycles. The summed E-state index contributed by atoms with van der Waals surface area (Å²) in [6, 6.07) is 7.22. The lowest BCUT2D eigenvalue weighted by Gasteiger charge is -2.18. The third kappa shape index (κ3) is 5.20. The molecule has 92 valence electrons. The maximum absolute atomic E-state index is 11.4. The van der Waals surface area contributed by atoms with Crippen molar-refractivity contribution in [2.45, 2.75) is 33.3 Å². The highest BCUT2D eigenvalue weighted by Crippen LogP contribution is 2.15. The zero-order valence-electron chi connectivity index (χ0n) is 10.7.